The minimum Gasteiger partial charge on any atom is -0.293 e. The lowest BCUT2D eigenvalue weighted by Crippen LogP contribution is -2.46. The van der Waals surface area contributed by atoms with E-state index in [-0.39, 0.29) is 12.0 Å². The second-order valence-electron chi connectivity index (χ2n) is 8.14. The van der Waals surface area contributed by atoms with Gasteiger partial charge in [-0.1, -0.05) is 36.5 Å². The van der Waals surface area contributed by atoms with Crippen molar-refractivity contribution in [1.29, 1.82) is 0 Å². The summed E-state index contributed by atoms with van der Waals surface area (Å²) in [6.45, 7) is 0. The van der Waals surface area contributed by atoms with Gasteiger partial charge in [0.25, 0.3) is 0 Å². The summed E-state index contributed by atoms with van der Waals surface area (Å²) in [7, 11) is 3.24. The number of imide groups is 1. The van der Waals surface area contributed by atoms with Gasteiger partial charge in [0, 0.05) is 31.6 Å². The van der Waals surface area contributed by atoms with Crippen LogP contribution < -0.4 is 9.80 Å². The molecule has 1 aliphatic heterocycles. The van der Waals surface area contributed by atoms with Gasteiger partial charge in [-0.2, -0.15) is 5.10 Å². The van der Waals surface area contributed by atoms with Crippen LogP contribution in [-0.2, 0) is 18.3 Å². The van der Waals surface area contributed by atoms with E-state index < -0.39 is 29.3 Å². The van der Waals surface area contributed by atoms with Crippen molar-refractivity contribution in [1.82, 2.24) is 9.78 Å². The topological polar surface area (TPSA) is 58.4 Å². The molecular weight excluding hydrogens is 438 g/mol. The van der Waals surface area contributed by atoms with Gasteiger partial charge in [-0.05, 0) is 43.5 Å². The molecule has 0 bridgehead atoms. The lowest BCUT2D eigenvalue weighted by Gasteiger charge is -2.27. The smallest absolute Gasteiger partial charge is 0.293 e. The maximum Gasteiger partial charge on any atom is 0.335 e. The summed E-state index contributed by atoms with van der Waals surface area (Å²) in [6, 6.07) is 10.3. The summed E-state index contributed by atoms with van der Waals surface area (Å²) in [5.41, 5.74) is 1.41. The Balaban J connectivity index is 1.74. The standard InChI is InChI=1S/C26H24F2N4O2/c1-30-23-17-29-31(2)22(23)11-7-4-8-12-24(33)32(26(30)34)25-20(27)15-19(16-21(25)28)14-13-18-9-5-3-6-10-18/h3,5-6,9-10,15-17H,4,7-8,11-12H2,1-2H3. The third-order valence-corrected chi connectivity index (χ3v) is 5.80. The molecule has 0 aliphatic carbocycles. The average Bonchev–Trinajstić information content (AvgIpc) is 3.18. The van der Waals surface area contributed by atoms with Crippen LogP contribution in [-0.4, -0.2) is 28.8 Å². The number of urea groups is 1. The van der Waals surface area contributed by atoms with Gasteiger partial charge in [0.05, 0.1) is 17.6 Å². The van der Waals surface area contributed by atoms with Gasteiger partial charge < -0.3 is 0 Å². The SMILES string of the molecule is CN1C(=O)N(c2c(F)cc(C#Cc3ccccc3)cc2F)C(=O)CCCCCc2c1cnn2C. The summed E-state index contributed by atoms with van der Waals surface area (Å²) in [4.78, 5) is 28.2. The number of anilines is 2. The fourth-order valence-corrected chi connectivity index (χ4v) is 3.98. The monoisotopic (exact) mass is 462 g/mol. The van der Waals surface area contributed by atoms with E-state index >= 15 is 8.78 Å². The van der Waals surface area contributed by atoms with Crippen LogP contribution in [0.4, 0.5) is 25.0 Å². The predicted molar refractivity (Wildman–Crippen MR) is 125 cm³/mol. The minimum atomic E-state index is -1.03. The molecule has 3 amide bonds. The van der Waals surface area contributed by atoms with Gasteiger partial charge in [-0.15, -0.1) is 0 Å². The van der Waals surface area contributed by atoms with E-state index in [1.165, 1.54) is 18.1 Å². The van der Waals surface area contributed by atoms with E-state index in [1.807, 2.05) is 18.2 Å². The first-order valence-electron chi connectivity index (χ1n) is 11.0. The molecule has 174 valence electrons. The van der Waals surface area contributed by atoms with Crippen molar-refractivity contribution in [2.75, 3.05) is 16.8 Å². The molecule has 2 aromatic carbocycles. The lowest BCUT2D eigenvalue weighted by molar-refractivity contribution is -0.118. The van der Waals surface area contributed by atoms with Crippen LogP contribution in [0.25, 0.3) is 0 Å². The molecule has 0 unspecified atom stereocenters. The highest BCUT2D eigenvalue weighted by Gasteiger charge is 2.33. The number of halogens is 2. The summed E-state index contributed by atoms with van der Waals surface area (Å²) >= 11 is 0. The first-order chi connectivity index (χ1) is 16.4. The number of carbonyl (C=O) groups is 2. The Morgan fingerprint density at radius 2 is 1.53 bits per heavy atom. The third kappa shape index (κ3) is 4.69. The van der Waals surface area contributed by atoms with Crippen molar-refractivity contribution in [3.8, 4) is 11.8 Å². The molecule has 6 nitrogen and oxygen atoms in total. The second kappa shape index (κ2) is 9.87. The predicted octanol–water partition coefficient (Wildman–Crippen LogP) is 4.80. The molecule has 2 heterocycles. The number of fused-ring (bicyclic) bond motifs is 1. The number of aryl methyl sites for hydroxylation is 1. The van der Waals surface area contributed by atoms with Crippen molar-refractivity contribution in [3.63, 3.8) is 0 Å². The zero-order chi connectivity index (χ0) is 24.2. The van der Waals surface area contributed by atoms with Gasteiger partial charge in [-0.3, -0.25) is 14.4 Å². The highest BCUT2D eigenvalue weighted by Crippen LogP contribution is 2.30. The normalized spacial score (nSPS) is 14.8. The van der Waals surface area contributed by atoms with Crippen LogP contribution in [0.5, 0.6) is 0 Å². The van der Waals surface area contributed by atoms with Gasteiger partial charge in [0.2, 0.25) is 5.91 Å². The molecule has 0 fully saturated rings. The van der Waals surface area contributed by atoms with Crippen molar-refractivity contribution in [2.45, 2.75) is 32.1 Å². The summed E-state index contributed by atoms with van der Waals surface area (Å²) in [6.07, 6.45) is 4.24. The quantitative estimate of drug-likeness (QED) is 0.488. The first-order valence-corrected chi connectivity index (χ1v) is 11.0. The molecule has 1 aromatic heterocycles. The van der Waals surface area contributed by atoms with E-state index in [2.05, 4.69) is 16.9 Å². The number of hydrogen-bond donors (Lipinski definition) is 0. The Kier molecular flexibility index (Phi) is 6.73. The molecule has 8 heteroatoms. The number of aromatic nitrogens is 2. The molecule has 0 spiro atoms. The van der Waals surface area contributed by atoms with E-state index in [9.17, 15) is 9.59 Å². The Hall–Kier alpha value is -3.99. The summed E-state index contributed by atoms with van der Waals surface area (Å²) < 4.78 is 32.1. The van der Waals surface area contributed by atoms with Gasteiger partial charge >= 0.3 is 6.03 Å². The third-order valence-electron chi connectivity index (χ3n) is 5.80. The van der Waals surface area contributed by atoms with E-state index in [4.69, 9.17) is 0 Å². The van der Waals surface area contributed by atoms with Gasteiger partial charge in [0.1, 0.15) is 5.69 Å². The molecule has 0 radical (unpaired) electrons. The number of nitrogens with zero attached hydrogens (tertiary/aromatic N) is 4. The maximum atomic E-state index is 15.2. The molecule has 1 aliphatic rings. The number of hydrogen-bond acceptors (Lipinski definition) is 3. The van der Waals surface area contributed by atoms with Crippen LogP contribution in [0.3, 0.4) is 0 Å². The van der Waals surface area contributed by atoms with E-state index in [0.29, 0.717) is 29.0 Å². The molecular formula is C26H24F2N4O2. The summed E-state index contributed by atoms with van der Waals surface area (Å²) in [5.74, 6) is 2.84. The van der Waals surface area contributed by atoms with Crippen molar-refractivity contribution in [3.05, 3.63) is 77.1 Å². The van der Waals surface area contributed by atoms with Crippen molar-refractivity contribution in [2.24, 2.45) is 7.05 Å². The van der Waals surface area contributed by atoms with Crippen LogP contribution in [0, 0.1) is 23.5 Å². The molecule has 3 aromatic rings. The fourth-order valence-electron chi connectivity index (χ4n) is 3.98. The number of amides is 3. The van der Waals surface area contributed by atoms with Crippen LogP contribution >= 0.6 is 0 Å². The highest BCUT2D eigenvalue weighted by molar-refractivity contribution is 6.19. The number of rotatable bonds is 1. The van der Waals surface area contributed by atoms with Gasteiger partial charge in [0.15, 0.2) is 11.6 Å². The molecule has 0 saturated carbocycles. The maximum absolute atomic E-state index is 15.2. The van der Waals surface area contributed by atoms with Crippen LogP contribution in [0.15, 0.2) is 48.7 Å². The van der Waals surface area contributed by atoms with Crippen LogP contribution in [0.1, 0.15) is 42.5 Å². The summed E-state index contributed by atoms with van der Waals surface area (Å²) in [5, 5.41) is 4.22. The molecule has 0 atom stereocenters. The number of carbonyl (C=O) groups excluding carboxylic acids is 2. The largest absolute Gasteiger partial charge is 0.335 e. The fraction of sp³-hybridized carbons (Fsp3) is 0.269. The van der Waals surface area contributed by atoms with E-state index in [1.54, 1.807) is 23.9 Å². The van der Waals surface area contributed by atoms with Crippen molar-refractivity contribution < 1.29 is 18.4 Å². The van der Waals surface area contributed by atoms with Crippen molar-refractivity contribution >= 4 is 23.3 Å². The molecule has 0 saturated heterocycles. The Morgan fingerprint density at radius 3 is 2.24 bits per heavy atom. The first kappa shape index (κ1) is 23.2. The lowest BCUT2D eigenvalue weighted by atomic mass is 10.1. The zero-order valence-corrected chi connectivity index (χ0v) is 19.0. The molecule has 4 rings (SSSR count). The Labute approximate surface area is 196 Å². The van der Waals surface area contributed by atoms with Crippen LogP contribution in [0.2, 0.25) is 0 Å². The minimum absolute atomic E-state index is 0.00260. The second-order valence-corrected chi connectivity index (χ2v) is 8.14. The van der Waals surface area contributed by atoms with Gasteiger partial charge in [-0.25, -0.2) is 18.5 Å². The average molecular weight is 463 g/mol. The Morgan fingerprint density at radius 1 is 0.882 bits per heavy atom. The number of benzene rings is 2. The zero-order valence-electron chi connectivity index (χ0n) is 19.0. The molecule has 0 N–H and O–H groups in total. The molecule has 34 heavy (non-hydrogen) atoms. The Bertz CT molecular complexity index is 1270. The van der Waals surface area contributed by atoms with E-state index in [0.717, 1.165) is 30.7 Å². The highest BCUT2D eigenvalue weighted by atomic mass is 19.1.